The van der Waals surface area contributed by atoms with Crippen molar-refractivity contribution in [1.29, 1.82) is 0 Å². The molecule has 2 bridgehead atoms. The molecule has 0 aromatic heterocycles. The molecule has 0 unspecified atom stereocenters. The van der Waals surface area contributed by atoms with Gasteiger partial charge in [0.15, 0.2) is 0 Å². The molecule has 0 spiro atoms. The lowest BCUT2D eigenvalue weighted by molar-refractivity contribution is -0.140. The topological polar surface area (TPSA) is 85.3 Å². The van der Waals surface area contributed by atoms with Gasteiger partial charge >= 0.3 is 5.97 Å². The van der Waals surface area contributed by atoms with E-state index in [4.69, 9.17) is 9.47 Å². The number of ether oxygens (including phenoxy) is 2. The van der Waals surface area contributed by atoms with Crippen LogP contribution in [0.1, 0.15) is 22.3 Å². The Balaban J connectivity index is 1.37. The van der Waals surface area contributed by atoms with Gasteiger partial charge in [0.2, 0.25) is 0 Å². The average molecular weight is 495 g/mol. The lowest BCUT2D eigenvalue weighted by Crippen LogP contribution is -2.28. The molecular weight excluding hydrogens is 476 g/mol. The molecule has 32 heavy (non-hydrogen) atoms. The van der Waals surface area contributed by atoms with Gasteiger partial charge in [-0.15, -0.1) is 0 Å². The van der Waals surface area contributed by atoms with E-state index in [9.17, 15) is 14.4 Å². The van der Waals surface area contributed by atoms with Gasteiger partial charge in [-0.3, -0.25) is 9.59 Å². The van der Waals surface area contributed by atoms with Crippen LogP contribution in [0, 0.1) is 23.7 Å². The van der Waals surface area contributed by atoms with Crippen LogP contribution in [0.2, 0.25) is 0 Å². The van der Waals surface area contributed by atoms with Gasteiger partial charge in [0.1, 0.15) is 11.5 Å². The van der Waals surface area contributed by atoms with Crippen LogP contribution in [0.3, 0.4) is 0 Å². The number of nitrogens with zero attached hydrogens (tertiary/aromatic N) is 2. The maximum Gasteiger partial charge on any atom is 0.343 e. The van der Waals surface area contributed by atoms with Crippen LogP contribution >= 0.6 is 15.9 Å². The number of benzene rings is 2. The third kappa shape index (κ3) is 3.44. The molecule has 0 N–H and O–H groups in total. The average Bonchev–Trinajstić information content (AvgIpc) is 3.48. The van der Waals surface area contributed by atoms with E-state index in [1.165, 1.54) is 6.21 Å². The van der Waals surface area contributed by atoms with E-state index in [1.54, 1.807) is 49.6 Å². The van der Waals surface area contributed by atoms with E-state index in [-0.39, 0.29) is 41.2 Å². The molecule has 5 rings (SSSR count). The molecule has 7 nitrogen and oxygen atoms in total. The largest absolute Gasteiger partial charge is 0.497 e. The van der Waals surface area contributed by atoms with Gasteiger partial charge in [-0.05, 0) is 60.7 Å². The molecule has 1 saturated heterocycles. The third-order valence-electron chi connectivity index (χ3n) is 6.26. The first-order valence-corrected chi connectivity index (χ1v) is 11.0. The van der Waals surface area contributed by atoms with Crippen molar-refractivity contribution in [3.05, 3.63) is 70.2 Å². The Kier molecular flexibility index (Phi) is 5.17. The Morgan fingerprint density at radius 1 is 1.06 bits per heavy atom. The summed E-state index contributed by atoms with van der Waals surface area (Å²) >= 11 is 3.39. The number of methoxy groups -OCH3 is 1. The summed E-state index contributed by atoms with van der Waals surface area (Å²) in [5, 5.41) is 5.16. The van der Waals surface area contributed by atoms with E-state index in [0.717, 1.165) is 15.9 Å². The summed E-state index contributed by atoms with van der Waals surface area (Å²) in [5.74, 6) is -0.573. The van der Waals surface area contributed by atoms with Crippen LogP contribution in [0.5, 0.6) is 11.5 Å². The van der Waals surface area contributed by atoms with Crippen molar-refractivity contribution in [2.24, 2.45) is 28.8 Å². The number of esters is 1. The Hall–Kier alpha value is -3.26. The number of hydrogen-bond donors (Lipinski definition) is 0. The van der Waals surface area contributed by atoms with E-state index >= 15 is 0 Å². The van der Waals surface area contributed by atoms with Crippen LogP contribution in [-0.2, 0) is 9.59 Å². The van der Waals surface area contributed by atoms with E-state index in [1.807, 2.05) is 12.2 Å². The summed E-state index contributed by atoms with van der Waals surface area (Å²) in [7, 11) is 1.55. The monoisotopic (exact) mass is 494 g/mol. The lowest BCUT2D eigenvalue weighted by Gasteiger charge is -2.13. The van der Waals surface area contributed by atoms with Crippen molar-refractivity contribution in [2.45, 2.75) is 6.42 Å². The Bertz CT molecular complexity index is 1140. The van der Waals surface area contributed by atoms with Crippen LogP contribution < -0.4 is 9.47 Å². The highest BCUT2D eigenvalue weighted by atomic mass is 79.9. The smallest absolute Gasteiger partial charge is 0.343 e. The first-order valence-electron chi connectivity index (χ1n) is 10.2. The number of imide groups is 1. The summed E-state index contributed by atoms with van der Waals surface area (Å²) < 4.78 is 11.4. The zero-order valence-corrected chi connectivity index (χ0v) is 18.7. The second-order valence-corrected chi connectivity index (χ2v) is 8.95. The first kappa shape index (κ1) is 20.6. The van der Waals surface area contributed by atoms with Crippen molar-refractivity contribution in [1.82, 2.24) is 5.01 Å². The van der Waals surface area contributed by atoms with Crippen LogP contribution in [0.15, 0.2) is 64.2 Å². The highest BCUT2D eigenvalue weighted by Crippen LogP contribution is 2.52. The molecule has 1 aliphatic heterocycles. The normalized spacial score (nSPS) is 25.6. The van der Waals surface area contributed by atoms with Gasteiger partial charge in [0.05, 0.1) is 30.7 Å². The number of carbonyl (C=O) groups excluding carboxylic acids is 3. The van der Waals surface area contributed by atoms with Gasteiger partial charge in [0.25, 0.3) is 11.8 Å². The fourth-order valence-corrected chi connectivity index (χ4v) is 5.10. The summed E-state index contributed by atoms with van der Waals surface area (Å²) in [6.45, 7) is 0. The lowest BCUT2D eigenvalue weighted by atomic mass is 9.85. The number of rotatable bonds is 5. The van der Waals surface area contributed by atoms with Crippen molar-refractivity contribution in [2.75, 3.05) is 7.11 Å². The van der Waals surface area contributed by atoms with Crippen molar-refractivity contribution in [3.8, 4) is 11.5 Å². The molecular formula is C24H19BrN2O5. The second-order valence-electron chi connectivity index (χ2n) is 8.03. The highest BCUT2D eigenvalue weighted by Gasteiger charge is 2.59. The SMILES string of the molecule is COc1ccc(C(=O)Oc2ccc(Br)cc2C=NN2C(=O)[C@@H]3[C@H](C2=O)[C@H]2C=C[C@H]3C2)cc1. The fraction of sp³-hybridized carbons (Fsp3) is 0.250. The number of halogens is 1. The molecule has 0 radical (unpaired) electrons. The molecule has 4 atom stereocenters. The van der Waals surface area contributed by atoms with Crippen LogP contribution in [0.25, 0.3) is 0 Å². The number of hydrazone groups is 1. The van der Waals surface area contributed by atoms with Gasteiger partial charge in [-0.1, -0.05) is 28.1 Å². The number of amides is 2. The molecule has 2 aromatic rings. The minimum Gasteiger partial charge on any atom is -0.497 e. The number of hydrogen-bond acceptors (Lipinski definition) is 6. The minimum atomic E-state index is -0.546. The van der Waals surface area contributed by atoms with Crippen molar-refractivity contribution in [3.63, 3.8) is 0 Å². The van der Waals surface area contributed by atoms with Gasteiger partial charge in [-0.2, -0.15) is 10.1 Å². The maximum atomic E-state index is 12.8. The minimum absolute atomic E-state index is 0.119. The summed E-state index contributed by atoms with van der Waals surface area (Å²) in [4.78, 5) is 38.2. The van der Waals surface area contributed by atoms with Crippen molar-refractivity contribution < 1.29 is 23.9 Å². The first-order chi connectivity index (χ1) is 15.5. The number of carbonyl (C=O) groups is 3. The standard InChI is InChI=1S/C24H19BrN2O5/c1-31-18-7-4-13(5-8-18)24(30)32-19-9-6-17(25)11-16(19)12-26-27-22(28)20-14-2-3-15(10-14)21(20)23(27)29/h2-9,11-12,14-15,20-21H,10H2,1H3/t14-,15-,20-,21+/m0/s1. The summed E-state index contributed by atoms with van der Waals surface area (Å²) in [5.41, 5.74) is 0.817. The van der Waals surface area contributed by atoms with Crippen molar-refractivity contribution >= 4 is 39.9 Å². The Labute approximate surface area is 192 Å². The third-order valence-corrected chi connectivity index (χ3v) is 6.75. The van der Waals surface area contributed by atoms with Gasteiger partial charge < -0.3 is 9.47 Å². The highest BCUT2D eigenvalue weighted by molar-refractivity contribution is 9.10. The Morgan fingerprint density at radius 2 is 1.72 bits per heavy atom. The molecule has 8 heteroatoms. The quantitative estimate of drug-likeness (QED) is 0.207. The zero-order valence-electron chi connectivity index (χ0n) is 17.1. The molecule has 1 saturated carbocycles. The molecule has 2 fully saturated rings. The van der Waals surface area contributed by atoms with Gasteiger partial charge in [-0.25, -0.2) is 4.79 Å². The van der Waals surface area contributed by atoms with Crippen LogP contribution in [-0.4, -0.2) is 36.1 Å². The molecule has 3 aliphatic rings. The predicted molar refractivity (Wildman–Crippen MR) is 119 cm³/mol. The van der Waals surface area contributed by atoms with Gasteiger partial charge in [0, 0.05) is 10.0 Å². The molecule has 2 aliphatic carbocycles. The maximum absolute atomic E-state index is 12.8. The second kappa shape index (κ2) is 8.02. The molecule has 2 aromatic carbocycles. The number of fused-ring (bicyclic) bond motifs is 5. The van der Waals surface area contributed by atoms with Crippen LogP contribution in [0.4, 0.5) is 0 Å². The summed E-state index contributed by atoms with van der Waals surface area (Å²) in [6, 6.07) is 11.6. The van der Waals surface area contributed by atoms with E-state index < -0.39 is 5.97 Å². The molecule has 1 heterocycles. The van der Waals surface area contributed by atoms with E-state index in [0.29, 0.717) is 16.9 Å². The predicted octanol–water partition coefficient (Wildman–Crippen LogP) is 3.82. The molecule has 162 valence electrons. The molecule has 2 amide bonds. The number of allylic oxidation sites excluding steroid dienone is 2. The fourth-order valence-electron chi connectivity index (χ4n) is 4.72. The summed E-state index contributed by atoms with van der Waals surface area (Å²) in [6.07, 6.45) is 6.32. The zero-order chi connectivity index (χ0) is 22.4. The van der Waals surface area contributed by atoms with E-state index in [2.05, 4.69) is 21.0 Å². The Morgan fingerprint density at radius 3 is 2.34 bits per heavy atom.